The van der Waals surface area contributed by atoms with Crippen LogP contribution >= 0.6 is 0 Å². The summed E-state index contributed by atoms with van der Waals surface area (Å²) in [5.74, 6) is -0.292. The summed E-state index contributed by atoms with van der Waals surface area (Å²) in [7, 11) is 0. The number of aromatic nitrogens is 1. The zero-order valence-electron chi connectivity index (χ0n) is 5.81. The van der Waals surface area contributed by atoms with Crippen LogP contribution in [0.4, 0.5) is 4.39 Å². The van der Waals surface area contributed by atoms with E-state index < -0.39 is 5.95 Å². The summed E-state index contributed by atoms with van der Waals surface area (Å²) in [6.07, 6.45) is 1.07. The van der Waals surface area contributed by atoms with Gasteiger partial charge in [-0.3, -0.25) is 0 Å². The fraction of sp³-hybridized carbons (Fsp3) is 0.500. The Morgan fingerprint density at radius 3 is 2.22 bits per heavy atom. The molecule has 9 heavy (non-hydrogen) atoms. The van der Waals surface area contributed by atoms with E-state index in [0.29, 0.717) is 0 Å². The van der Waals surface area contributed by atoms with E-state index in [4.69, 9.17) is 0 Å². The van der Waals surface area contributed by atoms with Crippen molar-refractivity contribution in [3.63, 3.8) is 0 Å². The van der Waals surface area contributed by atoms with Crippen LogP contribution in [0.3, 0.4) is 0 Å². The molecule has 0 aliphatic carbocycles. The van der Waals surface area contributed by atoms with Crippen molar-refractivity contribution in [3.8, 4) is 0 Å². The maximum absolute atomic E-state index is 11.9. The van der Waals surface area contributed by atoms with Crippen LogP contribution in [0.5, 0.6) is 0 Å². The monoisotopic (exact) mass is 131 g/mol. The predicted molar refractivity (Wildman–Crippen MR) is 32.5 cm³/mol. The van der Waals surface area contributed by atoms with Crippen LogP contribution in [0.2, 0.25) is 0 Å². The Balaban J connectivity index is 0.000000291. The molecule has 0 aliphatic heterocycles. The second-order valence-electron chi connectivity index (χ2n) is 1.20. The van der Waals surface area contributed by atoms with E-state index in [1.54, 1.807) is 0 Å². The molecule has 1 aromatic heterocycles. The third kappa shape index (κ3) is 2.26. The van der Waals surface area contributed by atoms with Crippen molar-refractivity contribution in [1.29, 1.82) is 0 Å². The molecule has 1 rings (SSSR count). The zero-order valence-corrected chi connectivity index (χ0v) is 5.81. The Labute approximate surface area is 53.7 Å². The van der Waals surface area contributed by atoms with Gasteiger partial charge < -0.3 is 4.42 Å². The first-order chi connectivity index (χ1) is 4.30. The Kier molecular flexibility index (Phi) is 3.67. The van der Waals surface area contributed by atoms with Crippen molar-refractivity contribution < 1.29 is 8.81 Å². The molecule has 0 amide bonds. The van der Waals surface area contributed by atoms with Crippen LogP contribution in [0, 0.1) is 12.9 Å². The first-order valence-electron chi connectivity index (χ1n) is 2.86. The van der Waals surface area contributed by atoms with Crippen LogP contribution in [0.25, 0.3) is 0 Å². The molecular formula is C6H10FNO. The van der Waals surface area contributed by atoms with Crippen LogP contribution < -0.4 is 0 Å². The fourth-order valence-electron chi connectivity index (χ4n) is 0.291. The lowest BCUT2D eigenvalue weighted by molar-refractivity contribution is 0.497. The second-order valence-corrected chi connectivity index (χ2v) is 1.20. The molecule has 0 bridgehead atoms. The summed E-state index contributed by atoms with van der Waals surface area (Å²) in [5.41, 5.74) is 0. The third-order valence-electron chi connectivity index (χ3n) is 0.686. The first-order valence-corrected chi connectivity index (χ1v) is 2.86. The maximum atomic E-state index is 11.9. The molecule has 0 fully saturated rings. The topological polar surface area (TPSA) is 26.0 Å². The van der Waals surface area contributed by atoms with Crippen molar-refractivity contribution in [2.45, 2.75) is 20.8 Å². The summed E-state index contributed by atoms with van der Waals surface area (Å²) in [6.45, 7) is 5.52. The zero-order chi connectivity index (χ0) is 7.28. The average molecular weight is 131 g/mol. The highest BCUT2D eigenvalue weighted by atomic mass is 19.1. The van der Waals surface area contributed by atoms with Gasteiger partial charge in [-0.2, -0.15) is 9.37 Å². The molecule has 3 heteroatoms. The van der Waals surface area contributed by atoms with E-state index in [1.165, 1.54) is 6.92 Å². The summed E-state index contributed by atoms with van der Waals surface area (Å²) < 4.78 is 16.4. The van der Waals surface area contributed by atoms with Crippen molar-refractivity contribution in [1.82, 2.24) is 4.98 Å². The number of rotatable bonds is 0. The maximum Gasteiger partial charge on any atom is 0.254 e. The Hall–Kier alpha value is -0.860. The highest BCUT2D eigenvalue weighted by molar-refractivity contribution is 4.86. The van der Waals surface area contributed by atoms with E-state index in [0.717, 1.165) is 6.39 Å². The number of hydrogen-bond donors (Lipinski definition) is 0. The number of nitrogens with zero attached hydrogens (tertiary/aromatic N) is 1. The van der Waals surface area contributed by atoms with Gasteiger partial charge in [0, 0.05) is 0 Å². The Morgan fingerprint density at radius 1 is 1.56 bits per heavy atom. The largest absolute Gasteiger partial charge is 0.446 e. The summed E-state index contributed by atoms with van der Waals surface area (Å²) in [5, 5.41) is 0. The van der Waals surface area contributed by atoms with Gasteiger partial charge in [0.1, 0.15) is 0 Å². The second kappa shape index (κ2) is 4.06. The Morgan fingerprint density at radius 2 is 2.11 bits per heavy atom. The minimum atomic E-state index is -0.528. The Bertz CT molecular complexity index is 145. The minimum Gasteiger partial charge on any atom is -0.446 e. The van der Waals surface area contributed by atoms with Crippen LogP contribution in [0.1, 0.15) is 19.6 Å². The molecule has 0 atom stereocenters. The summed E-state index contributed by atoms with van der Waals surface area (Å²) in [6, 6.07) is 0. The van der Waals surface area contributed by atoms with Crippen LogP contribution in [-0.2, 0) is 0 Å². The molecule has 1 heterocycles. The molecular weight excluding hydrogens is 121 g/mol. The van der Waals surface area contributed by atoms with Crippen molar-refractivity contribution in [2.24, 2.45) is 0 Å². The van der Waals surface area contributed by atoms with Crippen molar-refractivity contribution >= 4 is 0 Å². The minimum absolute atomic E-state index is 0.236. The van der Waals surface area contributed by atoms with Gasteiger partial charge >= 0.3 is 0 Å². The lowest BCUT2D eigenvalue weighted by Crippen LogP contribution is -1.70. The third-order valence-corrected chi connectivity index (χ3v) is 0.686. The van der Waals surface area contributed by atoms with E-state index >= 15 is 0 Å². The number of oxazole rings is 1. The van der Waals surface area contributed by atoms with Gasteiger partial charge in [0.25, 0.3) is 5.95 Å². The highest BCUT2D eigenvalue weighted by Gasteiger charge is 1.96. The van der Waals surface area contributed by atoms with E-state index in [9.17, 15) is 4.39 Å². The van der Waals surface area contributed by atoms with Gasteiger partial charge in [-0.1, -0.05) is 13.8 Å². The SMILES string of the molecule is CC.Cc1ocnc1F. The van der Waals surface area contributed by atoms with E-state index in [1.807, 2.05) is 13.8 Å². The average Bonchev–Trinajstić information content (AvgIpc) is 2.23. The van der Waals surface area contributed by atoms with Crippen molar-refractivity contribution in [3.05, 3.63) is 18.1 Å². The fourth-order valence-corrected chi connectivity index (χ4v) is 0.291. The molecule has 52 valence electrons. The number of halogens is 1. The molecule has 0 N–H and O–H groups in total. The van der Waals surface area contributed by atoms with Crippen LogP contribution in [-0.4, -0.2) is 4.98 Å². The molecule has 0 unspecified atom stereocenters. The number of hydrogen-bond acceptors (Lipinski definition) is 2. The molecule has 2 nitrogen and oxygen atoms in total. The molecule has 0 aliphatic rings. The van der Waals surface area contributed by atoms with Gasteiger partial charge in [-0.25, -0.2) is 0 Å². The molecule has 0 saturated carbocycles. The lowest BCUT2D eigenvalue weighted by Gasteiger charge is -1.72. The summed E-state index contributed by atoms with van der Waals surface area (Å²) >= 11 is 0. The van der Waals surface area contributed by atoms with Gasteiger partial charge in [-0.15, -0.1) is 0 Å². The van der Waals surface area contributed by atoms with Gasteiger partial charge in [-0.05, 0) is 6.92 Å². The quantitative estimate of drug-likeness (QED) is 0.539. The summed E-state index contributed by atoms with van der Waals surface area (Å²) in [4.78, 5) is 3.18. The highest BCUT2D eigenvalue weighted by Crippen LogP contribution is 1.98. The van der Waals surface area contributed by atoms with Crippen LogP contribution in [0.15, 0.2) is 10.8 Å². The molecule has 0 radical (unpaired) electrons. The standard InChI is InChI=1S/C4H4FNO.C2H6/c1-3-4(5)6-2-7-3;1-2/h2H,1H3;1-2H3. The van der Waals surface area contributed by atoms with Gasteiger partial charge in [0.05, 0.1) is 0 Å². The molecule has 0 spiro atoms. The molecule has 1 aromatic rings. The molecule has 0 aromatic carbocycles. The predicted octanol–water partition coefficient (Wildman–Crippen LogP) is 2.15. The smallest absolute Gasteiger partial charge is 0.254 e. The van der Waals surface area contributed by atoms with Crippen molar-refractivity contribution in [2.75, 3.05) is 0 Å². The lowest BCUT2D eigenvalue weighted by atomic mass is 10.6. The van der Waals surface area contributed by atoms with Gasteiger partial charge in [0.15, 0.2) is 12.2 Å². The van der Waals surface area contributed by atoms with E-state index in [-0.39, 0.29) is 5.76 Å². The first kappa shape index (κ1) is 8.14. The van der Waals surface area contributed by atoms with E-state index in [2.05, 4.69) is 9.40 Å². The van der Waals surface area contributed by atoms with Gasteiger partial charge in [0.2, 0.25) is 0 Å². The normalized spacial score (nSPS) is 8.00. The number of aryl methyl sites for hydroxylation is 1. The molecule has 0 saturated heterocycles.